The van der Waals surface area contributed by atoms with Crippen molar-refractivity contribution in [1.82, 2.24) is 20.2 Å². The molecule has 5 rings (SSSR count). The molecule has 3 aromatic heterocycles. The lowest BCUT2D eigenvalue weighted by atomic mass is 10.1. The van der Waals surface area contributed by atoms with Crippen LogP contribution in [0.2, 0.25) is 0 Å². The summed E-state index contributed by atoms with van der Waals surface area (Å²) >= 11 is 3.50. The van der Waals surface area contributed by atoms with Gasteiger partial charge in [-0.2, -0.15) is 11.8 Å². The van der Waals surface area contributed by atoms with Crippen LogP contribution in [0.5, 0.6) is 5.75 Å². The molecule has 9 heteroatoms. The van der Waals surface area contributed by atoms with Crippen molar-refractivity contribution in [2.24, 2.45) is 0 Å². The zero-order chi connectivity index (χ0) is 24.7. The van der Waals surface area contributed by atoms with Gasteiger partial charge in [0.05, 0.1) is 18.8 Å². The lowest BCUT2D eigenvalue weighted by Crippen LogP contribution is -2.07. The Morgan fingerprint density at radius 3 is 2.47 bits per heavy atom. The van der Waals surface area contributed by atoms with Crippen molar-refractivity contribution in [1.29, 1.82) is 0 Å². The van der Waals surface area contributed by atoms with Crippen molar-refractivity contribution in [3.8, 4) is 5.75 Å². The number of thioether (sulfide) groups is 1. The molecule has 0 aliphatic rings. The van der Waals surface area contributed by atoms with Crippen molar-refractivity contribution in [3.05, 3.63) is 73.1 Å². The predicted molar refractivity (Wildman–Crippen MR) is 151 cm³/mol. The van der Waals surface area contributed by atoms with Crippen LogP contribution in [0, 0.1) is 0 Å². The second-order valence-corrected chi connectivity index (χ2v) is 10.1. The summed E-state index contributed by atoms with van der Waals surface area (Å²) in [5.74, 6) is 3.37. The Kier molecular flexibility index (Phi) is 7.68. The summed E-state index contributed by atoms with van der Waals surface area (Å²) in [5, 5.41) is 17.9. The molecule has 0 unspecified atom stereocenters. The van der Waals surface area contributed by atoms with Crippen molar-refractivity contribution >= 4 is 62.7 Å². The summed E-state index contributed by atoms with van der Waals surface area (Å²) in [6, 6.07) is 20.3. The van der Waals surface area contributed by atoms with Gasteiger partial charge in [-0.05, 0) is 48.8 Å². The van der Waals surface area contributed by atoms with Gasteiger partial charge in [-0.15, -0.1) is 10.2 Å². The molecular weight excluding hydrogens is 488 g/mol. The minimum Gasteiger partial charge on any atom is -0.495 e. The number of benzene rings is 2. The first-order chi connectivity index (χ1) is 17.7. The Labute approximate surface area is 218 Å². The topological polar surface area (TPSA) is 84.8 Å². The number of ether oxygens (including phenoxy) is 1. The summed E-state index contributed by atoms with van der Waals surface area (Å²) in [6.07, 6.45) is 6.72. The number of fused-ring (bicyclic) bond motifs is 2. The average molecular weight is 515 g/mol. The van der Waals surface area contributed by atoms with Gasteiger partial charge in [0.1, 0.15) is 11.3 Å². The van der Waals surface area contributed by atoms with Gasteiger partial charge in [0, 0.05) is 45.1 Å². The van der Waals surface area contributed by atoms with Gasteiger partial charge < -0.3 is 15.4 Å². The Hall–Kier alpha value is -3.56. The zero-order valence-corrected chi connectivity index (χ0v) is 21.7. The minimum absolute atomic E-state index is 0.697. The van der Waals surface area contributed by atoms with E-state index in [0.29, 0.717) is 5.75 Å². The molecule has 0 aliphatic carbocycles. The van der Waals surface area contributed by atoms with Gasteiger partial charge in [-0.1, -0.05) is 36.0 Å². The third-order valence-corrected chi connectivity index (χ3v) is 7.36. The molecule has 0 saturated carbocycles. The second-order valence-electron chi connectivity index (χ2n) is 8.02. The van der Waals surface area contributed by atoms with Crippen LogP contribution in [0.4, 0.5) is 17.3 Å². The Balaban J connectivity index is 1.33. The molecule has 0 amide bonds. The van der Waals surface area contributed by atoms with E-state index >= 15 is 0 Å². The van der Waals surface area contributed by atoms with E-state index in [1.807, 2.05) is 48.2 Å². The minimum atomic E-state index is 0.697. The van der Waals surface area contributed by atoms with E-state index in [-0.39, 0.29) is 0 Å². The van der Waals surface area contributed by atoms with Gasteiger partial charge in [0.15, 0.2) is 11.6 Å². The smallest absolute Gasteiger partial charge is 0.161 e. The molecule has 0 bridgehead atoms. The molecule has 0 atom stereocenters. The maximum atomic E-state index is 5.27. The molecule has 3 heterocycles. The number of methoxy groups -OCH3 is 1. The number of aromatic nitrogens is 4. The normalized spacial score (nSPS) is 11.1. The van der Waals surface area contributed by atoms with Crippen LogP contribution < -0.4 is 15.4 Å². The third-order valence-electron chi connectivity index (χ3n) is 5.60. The molecule has 0 fully saturated rings. The maximum Gasteiger partial charge on any atom is 0.161 e. The van der Waals surface area contributed by atoms with Crippen molar-refractivity contribution in [2.45, 2.75) is 16.2 Å². The van der Waals surface area contributed by atoms with E-state index in [1.54, 1.807) is 31.3 Å². The highest BCUT2D eigenvalue weighted by atomic mass is 32.2. The van der Waals surface area contributed by atoms with Crippen LogP contribution in [0.3, 0.4) is 0 Å². The van der Waals surface area contributed by atoms with Crippen molar-refractivity contribution in [3.63, 3.8) is 0 Å². The first kappa shape index (κ1) is 24.1. The van der Waals surface area contributed by atoms with E-state index in [1.165, 1.54) is 0 Å². The van der Waals surface area contributed by atoms with Gasteiger partial charge in [-0.3, -0.25) is 4.98 Å². The van der Waals surface area contributed by atoms with Crippen molar-refractivity contribution in [2.75, 3.05) is 36.3 Å². The highest BCUT2D eigenvalue weighted by molar-refractivity contribution is 7.99. The van der Waals surface area contributed by atoms with Crippen LogP contribution in [-0.2, 0) is 0 Å². The fourth-order valence-corrected chi connectivity index (χ4v) is 5.14. The number of hydrogen-bond acceptors (Lipinski definition) is 9. The summed E-state index contributed by atoms with van der Waals surface area (Å²) in [4.78, 5) is 11.1. The summed E-state index contributed by atoms with van der Waals surface area (Å²) in [6.45, 7) is 0.876. The van der Waals surface area contributed by atoms with Gasteiger partial charge in [0.2, 0.25) is 0 Å². The molecule has 0 saturated heterocycles. The summed E-state index contributed by atoms with van der Waals surface area (Å²) < 4.78 is 5.27. The second kappa shape index (κ2) is 11.5. The molecule has 7 nitrogen and oxygen atoms in total. The summed E-state index contributed by atoms with van der Waals surface area (Å²) in [7, 11) is 1.63. The van der Waals surface area contributed by atoms with Gasteiger partial charge >= 0.3 is 0 Å². The van der Waals surface area contributed by atoms with Crippen LogP contribution in [0.15, 0.2) is 82.8 Å². The molecular formula is C27H26N6OS2. The maximum absolute atomic E-state index is 5.27. The van der Waals surface area contributed by atoms with E-state index < -0.39 is 0 Å². The molecule has 2 N–H and O–H groups in total. The fourth-order valence-electron chi connectivity index (χ4n) is 3.80. The van der Waals surface area contributed by atoms with E-state index in [0.717, 1.165) is 67.6 Å². The van der Waals surface area contributed by atoms with E-state index in [9.17, 15) is 0 Å². The number of nitrogens with one attached hydrogen (secondary N) is 2. The first-order valence-electron chi connectivity index (χ1n) is 11.6. The van der Waals surface area contributed by atoms with E-state index in [2.05, 4.69) is 61.3 Å². The largest absolute Gasteiger partial charge is 0.495 e. The third kappa shape index (κ3) is 5.47. The van der Waals surface area contributed by atoms with Crippen LogP contribution >= 0.6 is 23.5 Å². The zero-order valence-electron chi connectivity index (χ0n) is 20.1. The SMILES string of the molecule is COc1cnc2c(Sc3ccc(Nc4nnc(NCCCSC)c5ccccc45)cc3)ccnc2c1. The monoisotopic (exact) mass is 514 g/mol. The fraction of sp³-hybridized carbons (Fsp3) is 0.185. The number of anilines is 3. The summed E-state index contributed by atoms with van der Waals surface area (Å²) in [5.41, 5.74) is 2.61. The Bertz CT molecular complexity index is 1480. The van der Waals surface area contributed by atoms with Crippen LogP contribution in [0.1, 0.15) is 6.42 Å². The molecule has 0 aliphatic heterocycles. The van der Waals surface area contributed by atoms with Crippen LogP contribution in [0.25, 0.3) is 21.8 Å². The molecule has 182 valence electrons. The first-order valence-corrected chi connectivity index (χ1v) is 13.8. The lowest BCUT2D eigenvalue weighted by Gasteiger charge is -2.12. The highest BCUT2D eigenvalue weighted by Crippen LogP contribution is 2.34. The molecule has 36 heavy (non-hydrogen) atoms. The number of hydrogen-bond donors (Lipinski definition) is 2. The van der Waals surface area contributed by atoms with Crippen LogP contribution in [-0.4, -0.2) is 45.8 Å². The lowest BCUT2D eigenvalue weighted by molar-refractivity contribution is 0.413. The Morgan fingerprint density at radius 1 is 0.917 bits per heavy atom. The molecule has 0 spiro atoms. The number of nitrogens with zero attached hydrogens (tertiary/aromatic N) is 4. The highest BCUT2D eigenvalue weighted by Gasteiger charge is 2.10. The van der Waals surface area contributed by atoms with E-state index in [4.69, 9.17) is 4.74 Å². The molecule has 0 radical (unpaired) electrons. The number of pyridine rings is 2. The molecule has 5 aromatic rings. The van der Waals surface area contributed by atoms with Gasteiger partial charge in [-0.25, -0.2) is 4.98 Å². The predicted octanol–water partition coefficient (Wildman–Crippen LogP) is 6.64. The van der Waals surface area contributed by atoms with Crippen molar-refractivity contribution < 1.29 is 4.74 Å². The quantitative estimate of drug-likeness (QED) is 0.199. The molecule has 2 aromatic carbocycles. The standard InChI is InChI=1S/C27H26N6OS2/c1-34-19-16-23-25(30-17-19)24(12-14-28-23)36-20-10-8-18(9-11-20)31-27-22-7-4-3-6-21(22)26(32-33-27)29-13-5-15-35-2/h3-4,6-12,14,16-17H,5,13,15H2,1-2H3,(H,29,32)(H,31,33). The Morgan fingerprint density at radius 2 is 1.69 bits per heavy atom. The van der Waals surface area contributed by atoms with Gasteiger partial charge in [0.25, 0.3) is 0 Å². The average Bonchev–Trinajstić information content (AvgIpc) is 2.93. The number of rotatable bonds is 10.